The molecular weight excluding hydrogens is 280 g/mol. The molecule has 0 bridgehead atoms. The molecule has 0 unspecified atom stereocenters. The third kappa shape index (κ3) is 3.93. The fraction of sp³-hybridized carbons (Fsp3) is 0.0476. The first-order valence-corrected chi connectivity index (χ1v) is 7.51. The van der Waals surface area contributed by atoms with Crippen LogP contribution >= 0.6 is 0 Å². The fourth-order valence-corrected chi connectivity index (χ4v) is 2.39. The highest BCUT2D eigenvalue weighted by Gasteiger charge is 2.02. The van der Waals surface area contributed by atoms with Crippen molar-refractivity contribution < 1.29 is 0 Å². The molecule has 0 spiro atoms. The normalized spacial score (nSPS) is 10.6. The molecule has 0 aromatic heterocycles. The summed E-state index contributed by atoms with van der Waals surface area (Å²) in [6.45, 7) is 0. The van der Waals surface area contributed by atoms with E-state index < -0.39 is 0 Å². The summed E-state index contributed by atoms with van der Waals surface area (Å²) in [7, 11) is 0. The molecule has 23 heavy (non-hydrogen) atoms. The maximum Gasteiger partial charge on any atom is 0.0991 e. The second-order valence-electron chi connectivity index (χ2n) is 5.28. The van der Waals surface area contributed by atoms with E-state index in [2.05, 4.69) is 17.1 Å². The fourth-order valence-electron chi connectivity index (χ4n) is 2.39. The molecule has 3 aromatic rings. The Labute approximate surface area is 136 Å². The van der Waals surface area contributed by atoms with E-state index in [0.29, 0.717) is 5.56 Å². The Hall–Kier alpha value is -3.18. The van der Waals surface area contributed by atoms with Crippen molar-refractivity contribution >= 4 is 11.9 Å². The maximum atomic E-state index is 8.87. The van der Waals surface area contributed by atoms with E-state index in [9.17, 15) is 0 Å². The van der Waals surface area contributed by atoms with Gasteiger partial charge in [-0.05, 0) is 41.3 Å². The molecule has 0 fully saturated rings. The molecule has 0 aliphatic heterocycles. The van der Waals surface area contributed by atoms with E-state index >= 15 is 0 Å². The molecule has 2 heteroatoms. The molecule has 0 aliphatic carbocycles. The van der Waals surface area contributed by atoms with Crippen LogP contribution in [0.1, 0.15) is 22.3 Å². The summed E-state index contributed by atoms with van der Waals surface area (Å²) >= 11 is 0. The number of nitriles is 1. The van der Waals surface area contributed by atoms with Gasteiger partial charge in [-0.3, -0.25) is 4.99 Å². The highest BCUT2D eigenvalue weighted by Crippen LogP contribution is 2.22. The highest BCUT2D eigenvalue weighted by atomic mass is 14.7. The van der Waals surface area contributed by atoms with E-state index in [0.717, 1.165) is 17.7 Å². The molecule has 0 N–H and O–H groups in total. The van der Waals surface area contributed by atoms with Gasteiger partial charge in [0.1, 0.15) is 0 Å². The van der Waals surface area contributed by atoms with Crippen LogP contribution < -0.4 is 0 Å². The lowest BCUT2D eigenvalue weighted by atomic mass is 10.0. The smallest absolute Gasteiger partial charge is 0.0991 e. The number of nitrogens with zero attached hydrogens (tertiary/aromatic N) is 2. The largest absolute Gasteiger partial charge is 0.256 e. The minimum atomic E-state index is 0.684. The standard InChI is InChI=1S/C21H16N2/c22-15-18-12-10-17(11-13-18)14-20-8-4-5-9-21(20)23-16-19-6-2-1-3-7-19/h1-13,16H,14H2. The van der Waals surface area contributed by atoms with Crippen LogP contribution in [0.4, 0.5) is 5.69 Å². The molecule has 0 atom stereocenters. The first kappa shape index (κ1) is 14.7. The van der Waals surface area contributed by atoms with Crippen molar-refractivity contribution in [3.63, 3.8) is 0 Å². The number of aliphatic imine (C=N–C) groups is 1. The van der Waals surface area contributed by atoms with E-state index in [-0.39, 0.29) is 0 Å². The molecule has 2 nitrogen and oxygen atoms in total. The van der Waals surface area contributed by atoms with E-state index in [4.69, 9.17) is 5.26 Å². The molecule has 3 aromatic carbocycles. The topological polar surface area (TPSA) is 36.1 Å². The lowest BCUT2D eigenvalue weighted by Gasteiger charge is -2.06. The van der Waals surface area contributed by atoms with Gasteiger partial charge in [-0.15, -0.1) is 0 Å². The van der Waals surface area contributed by atoms with Gasteiger partial charge in [-0.25, -0.2) is 0 Å². The molecule has 3 rings (SSSR count). The molecular formula is C21H16N2. The minimum absolute atomic E-state index is 0.684. The Morgan fingerprint density at radius 2 is 1.52 bits per heavy atom. The quantitative estimate of drug-likeness (QED) is 0.631. The van der Waals surface area contributed by atoms with Gasteiger partial charge in [-0.2, -0.15) is 5.26 Å². The number of hydrogen-bond donors (Lipinski definition) is 0. The third-order valence-electron chi connectivity index (χ3n) is 3.62. The van der Waals surface area contributed by atoms with Crippen molar-refractivity contribution in [2.75, 3.05) is 0 Å². The molecule has 110 valence electrons. The van der Waals surface area contributed by atoms with E-state index in [1.807, 2.05) is 79.0 Å². The second-order valence-corrected chi connectivity index (χ2v) is 5.28. The van der Waals surface area contributed by atoms with Crippen LogP contribution in [0, 0.1) is 11.3 Å². The van der Waals surface area contributed by atoms with Gasteiger partial charge in [0.15, 0.2) is 0 Å². The molecule has 0 radical (unpaired) electrons. The first-order valence-electron chi connectivity index (χ1n) is 7.51. The Kier molecular flexibility index (Phi) is 4.61. The molecule has 0 saturated heterocycles. The van der Waals surface area contributed by atoms with Gasteiger partial charge >= 0.3 is 0 Å². The monoisotopic (exact) mass is 296 g/mol. The van der Waals surface area contributed by atoms with Crippen molar-refractivity contribution in [1.82, 2.24) is 0 Å². The average molecular weight is 296 g/mol. The minimum Gasteiger partial charge on any atom is -0.256 e. The summed E-state index contributed by atoms with van der Waals surface area (Å²) in [6, 6.07) is 28.1. The molecule has 0 saturated carbocycles. The zero-order valence-electron chi connectivity index (χ0n) is 12.7. The van der Waals surface area contributed by atoms with Crippen molar-refractivity contribution in [2.45, 2.75) is 6.42 Å². The summed E-state index contributed by atoms with van der Waals surface area (Å²) < 4.78 is 0. The lowest BCUT2D eigenvalue weighted by Crippen LogP contribution is -1.89. The number of rotatable bonds is 4. The second kappa shape index (κ2) is 7.20. The number of para-hydroxylation sites is 1. The predicted octanol–water partition coefficient (Wildman–Crippen LogP) is 4.90. The molecule has 0 heterocycles. The number of hydrogen-bond acceptors (Lipinski definition) is 2. The van der Waals surface area contributed by atoms with Gasteiger partial charge < -0.3 is 0 Å². The molecule has 0 amide bonds. The summed E-state index contributed by atoms with van der Waals surface area (Å²) in [5, 5.41) is 8.87. The van der Waals surface area contributed by atoms with E-state index in [1.54, 1.807) is 0 Å². The highest BCUT2D eigenvalue weighted by molar-refractivity contribution is 5.82. The first-order chi connectivity index (χ1) is 11.3. The van der Waals surface area contributed by atoms with Gasteiger partial charge in [0.25, 0.3) is 0 Å². The third-order valence-corrected chi connectivity index (χ3v) is 3.62. The van der Waals surface area contributed by atoms with Gasteiger partial charge in [0.2, 0.25) is 0 Å². The van der Waals surface area contributed by atoms with Crippen molar-refractivity contribution in [2.24, 2.45) is 4.99 Å². The van der Waals surface area contributed by atoms with Crippen LogP contribution in [0.2, 0.25) is 0 Å². The summed E-state index contributed by atoms with van der Waals surface area (Å²) in [4.78, 5) is 4.63. The summed E-state index contributed by atoms with van der Waals surface area (Å²) in [5.41, 5.74) is 5.08. The average Bonchev–Trinajstić information content (AvgIpc) is 2.62. The van der Waals surface area contributed by atoms with Crippen molar-refractivity contribution in [3.8, 4) is 6.07 Å². The van der Waals surface area contributed by atoms with Crippen LogP contribution in [0.15, 0.2) is 83.9 Å². The Morgan fingerprint density at radius 3 is 2.26 bits per heavy atom. The lowest BCUT2D eigenvalue weighted by molar-refractivity contribution is 1.18. The van der Waals surface area contributed by atoms with Gasteiger partial charge in [-0.1, -0.05) is 60.7 Å². The SMILES string of the molecule is N#Cc1ccc(Cc2ccccc2N=Cc2ccccc2)cc1. The Bertz CT molecular complexity index is 841. The van der Waals surface area contributed by atoms with Crippen LogP contribution in [0.3, 0.4) is 0 Å². The van der Waals surface area contributed by atoms with Crippen LogP contribution in [0.25, 0.3) is 0 Å². The molecule has 0 aliphatic rings. The zero-order chi connectivity index (χ0) is 15.9. The zero-order valence-corrected chi connectivity index (χ0v) is 12.7. The van der Waals surface area contributed by atoms with E-state index in [1.165, 1.54) is 11.1 Å². The van der Waals surface area contributed by atoms with Crippen LogP contribution in [-0.4, -0.2) is 6.21 Å². The Morgan fingerprint density at radius 1 is 0.826 bits per heavy atom. The summed E-state index contributed by atoms with van der Waals surface area (Å²) in [6.07, 6.45) is 2.69. The van der Waals surface area contributed by atoms with Crippen LogP contribution in [-0.2, 0) is 6.42 Å². The van der Waals surface area contributed by atoms with Gasteiger partial charge in [0, 0.05) is 6.21 Å². The summed E-state index contributed by atoms with van der Waals surface area (Å²) in [5.74, 6) is 0. The Balaban J connectivity index is 1.83. The van der Waals surface area contributed by atoms with Crippen LogP contribution in [0.5, 0.6) is 0 Å². The predicted molar refractivity (Wildman–Crippen MR) is 94.1 cm³/mol. The van der Waals surface area contributed by atoms with Crippen molar-refractivity contribution in [1.29, 1.82) is 5.26 Å². The maximum absolute atomic E-state index is 8.87. The van der Waals surface area contributed by atoms with Crippen molar-refractivity contribution in [3.05, 3.63) is 101 Å². The van der Waals surface area contributed by atoms with Gasteiger partial charge in [0.05, 0.1) is 17.3 Å². The number of benzene rings is 3.